The highest BCUT2D eigenvalue weighted by molar-refractivity contribution is 5.79. The lowest BCUT2D eigenvalue weighted by atomic mass is 10.00. The SMILES string of the molecule is NNC(c1cncnc1)c1ccc2ncccc2c1. The summed E-state index contributed by atoms with van der Waals surface area (Å²) in [5.41, 5.74) is 5.74. The molecule has 94 valence electrons. The van der Waals surface area contributed by atoms with Gasteiger partial charge in [-0.3, -0.25) is 10.8 Å². The van der Waals surface area contributed by atoms with Crippen LogP contribution in [-0.2, 0) is 0 Å². The molecule has 0 radical (unpaired) electrons. The summed E-state index contributed by atoms with van der Waals surface area (Å²) >= 11 is 0. The summed E-state index contributed by atoms with van der Waals surface area (Å²) in [6, 6.07) is 9.88. The maximum Gasteiger partial charge on any atom is 0.115 e. The van der Waals surface area contributed by atoms with Crippen molar-refractivity contribution in [1.82, 2.24) is 20.4 Å². The van der Waals surface area contributed by atoms with Crippen molar-refractivity contribution in [3.8, 4) is 0 Å². The van der Waals surface area contributed by atoms with Gasteiger partial charge in [-0.15, -0.1) is 0 Å². The first-order chi connectivity index (χ1) is 9.38. The third-order valence-corrected chi connectivity index (χ3v) is 3.04. The van der Waals surface area contributed by atoms with E-state index in [0.29, 0.717) is 0 Å². The van der Waals surface area contributed by atoms with E-state index >= 15 is 0 Å². The molecule has 1 atom stereocenters. The van der Waals surface area contributed by atoms with Gasteiger partial charge >= 0.3 is 0 Å². The molecule has 3 aromatic rings. The average Bonchev–Trinajstić information content (AvgIpc) is 2.49. The number of nitrogens with zero attached hydrogens (tertiary/aromatic N) is 3. The van der Waals surface area contributed by atoms with Crippen LogP contribution in [0.2, 0.25) is 0 Å². The lowest BCUT2D eigenvalue weighted by Gasteiger charge is -2.16. The van der Waals surface area contributed by atoms with E-state index in [1.807, 2.05) is 24.3 Å². The van der Waals surface area contributed by atoms with Gasteiger partial charge in [0.15, 0.2) is 0 Å². The van der Waals surface area contributed by atoms with Gasteiger partial charge in [0, 0.05) is 29.5 Å². The molecule has 1 unspecified atom stereocenters. The highest BCUT2D eigenvalue weighted by Gasteiger charge is 2.13. The Morgan fingerprint density at radius 1 is 1.05 bits per heavy atom. The number of nitrogens with one attached hydrogen (secondary N) is 1. The number of hydrogen-bond acceptors (Lipinski definition) is 5. The molecule has 3 N–H and O–H groups in total. The molecular weight excluding hydrogens is 238 g/mol. The normalized spacial score (nSPS) is 12.5. The molecule has 0 saturated carbocycles. The van der Waals surface area contributed by atoms with Crippen molar-refractivity contribution in [3.63, 3.8) is 0 Å². The number of hydrazine groups is 1. The number of benzene rings is 1. The minimum atomic E-state index is -0.134. The maximum absolute atomic E-state index is 5.66. The van der Waals surface area contributed by atoms with Crippen LogP contribution in [0.4, 0.5) is 0 Å². The van der Waals surface area contributed by atoms with Crippen LogP contribution in [0.15, 0.2) is 55.2 Å². The zero-order valence-electron chi connectivity index (χ0n) is 10.2. The Labute approximate surface area is 110 Å². The molecule has 0 fully saturated rings. The predicted molar refractivity (Wildman–Crippen MR) is 72.9 cm³/mol. The fourth-order valence-corrected chi connectivity index (χ4v) is 2.12. The Bertz CT molecular complexity index is 683. The van der Waals surface area contributed by atoms with Crippen LogP contribution < -0.4 is 11.3 Å². The van der Waals surface area contributed by atoms with Crippen molar-refractivity contribution < 1.29 is 0 Å². The number of rotatable bonds is 3. The van der Waals surface area contributed by atoms with E-state index in [2.05, 4.69) is 26.4 Å². The topological polar surface area (TPSA) is 76.7 Å². The second kappa shape index (κ2) is 5.09. The van der Waals surface area contributed by atoms with Crippen molar-refractivity contribution in [2.45, 2.75) is 6.04 Å². The van der Waals surface area contributed by atoms with E-state index in [0.717, 1.165) is 22.0 Å². The summed E-state index contributed by atoms with van der Waals surface area (Å²) in [5, 5.41) is 1.08. The highest BCUT2D eigenvalue weighted by atomic mass is 15.2. The minimum absolute atomic E-state index is 0.134. The molecule has 19 heavy (non-hydrogen) atoms. The van der Waals surface area contributed by atoms with Crippen molar-refractivity contribution in [3.05, 3.63) is 66.4 Å². The molecule has 0 aliphatic heterocycles. The van der Waals surface area contributed by atoms with Gasteiger partial charge in [0.05, 0.1) is 11.6 Å². The van der Waals surface area contributed by atoms with E-state index in [9.17, 15) is 0 Å². The summed E-state index contributed by atoms with van der Waals surface area (Å²) in [6.07, 6.45) is 6.79. The lowest BCUT2D eigenvalue weighted by Crippen LogP contribution is -2.29. The van der Waals surface area contributed by atoms with Crippen molar-refractivity contribution >= 4 is 10.9 Å². The van der Waals surface area contributed by atoms with Gasteiger partial charge in [-0.1, -0.05) is 12.1 Å². The minimum Gasteiger partial charge on any atom is -0.271 e. The Kier molecular flexibility index (Phi) is 3.14. The summed E-state index contributed by atoms with van der Waals surface area (Å²) in [6.45, 7) is 0. The fraction of sp³-hybridized carbons (Fsp3) is 0.0714. The van der Waals surface area contributed by atoms with Crippen LogP contribution in [0, 0.1) is 0 Å². The third-order valence-electron chi connectivity index (χ3n) is 3.04. The molecule has 0 aliphatic carbocycles. The number of aromatic nitrogens is 3. The van der Waals surface area contributed by atoms with Gasteiger partial charge in [-0.2, -0.15) is 0 Å². The Morgan fingerprint density at radius 3 is 2.68 bits per heavy atom. The molecule has 0 spiro atoms. The van der Waals surface area contributed by atoms with Crippen LogP contribution in [0.3, 0.4) is 0 Å². The smallest absolute Gasteiger partial charge is 0.115 e. The van der Waals surface area contributed by atoms with Gasteiger partial charge < -0.3 is 0 Å². The molecule has 0 aliphatic rings. The Hall–Kier alpha value is -2.37. The molecule has 3 rings (SSSR count). The molecule has 2 heterocycles. The molecule has 5 nitrogen and oxygen atoms in total. The number of nitrogens with two attached hydrogens (primary N) is 1. The van der Waals surface area contributed by atoms with Crippen LogP contribution in [0.1, 0.15) is 17.2 Å². The predicted octanol–water partition coefficient (Wildman–Crippen LogP) is 1.58. The fourth-order valence-electron chi connectivity index (χ4n) is 2.12. The first-order valence-electron chi connectivity index (χ1n) is 5.94. The Morgan fingerprint density at radius 2 is 1.89 bits per heavy atom. The quantitative estimate of drug-likeness (QED) is 0.546. The highest BCUT2D eigenvalue weighted by Crippen LogP contribution is 2.23. The maximum atomic E-state index is 5.66. The first kappa shape index (κ1) is 11.7. The number of hydrogen-bond donors (Lipinski definition) is 2. The molecule has 1 aromatic carbocycles. The van der Waals surface area contributed by atoms with E-state index in [1.165, 1.54) is 6.33 Å². The van der Waals surface area contributed by atoms with Gasteiger partial charge in [-0.25, -0.2) is 15.4 Å². The monoisotopic (exact) mass is 251 g/mol. The standard InChI is InChI=1S/C14H13N5/c15-19-14(12-7-16-9-17-8-12)11-3-4-13-10(6-11)2-1-5-18-13/h1-9,14,19H,15H2. The molecule has 5 heteroatoms. The zero-order valence-corrected chi connectivity index (χ0v) is 10.2. The van der Waals surface area contributed by atoms with Crippen molar-refractivity contribution in [1.29, 1.82) is 0 Å². The summed E-state index contributed by atoms with van der Waals surface area (Å²) in [4.78, 5) is 12.3. The van der Waals surface area contributed by atoms with E-state index in [4.69, 9.17) is 5.84 Å². The zero-order chi connectivity index (χ0) is 13.1. The van der Waals surface area contributed by atoms with Crippen LogP contribution in [0.5, 0.6) is 0 Å². The van der Waals surface area contributed by atoms with Crippen LogP contribution >= 0.6 is 0 Å². The van der Waals surface area contributed by atoms with E-state index < -0.39 is 0 Å². The van der Waals surface area contributed by atoms with Crippen molar-refractivity contribution in [2.75, 3.05) is 0 Å². The summed E-state index contributed by atoms with van der Waals surface area (Å²) in [5.74, 6) is 5.66. The Balaban J connectivity index is 2.06. The second-order valence-corrected chi connectivity index (χ2v) is 4.23. The lowest BCUT2D eigenvalue weighted by molar-refractivity contribution is 0.632. The van der Waals surface area contributed by atoms with Crippen LogP contribution in [-0.4, -0.2) is 15.0 Å². The largest absolute Gasteiger partial charge is 0.271 e. The van der Waals surface area contributed by atoms with E-state index in [1.54, 1.807) is 18.6 Å². The van der Waals surface area contributed by atoms with E-state index in [-0.39, 0.29) is 6.04 Å². The number of pyridine rings is 1. The number of fused-ring (bicyclic) bond motifs is 1. The summed E-state index contributed by atoms with van der Waals surface area (Å²) < 4.78 is 0. The van der Waals surface area contributed by atoms with Gasteiger partial charge in [0.1, 0.15) is 6.33 Å². The molecular formula is C14H13N5. The first-order valence-corrected chi connectivity index (χ1v) is 5.94. The third kappa shape index (κ3) is 2.29. The van der Waals surface area contributed by atoms with Gasteiger partial charge in [0.25, 0.3) is 0 Å². The van der Waals surface area contributed by atoms with Gasteiger partial charge in [0.2, 0.25) is 0 Å². The second-order valence-electron chi connectivity index (χ2n) is 4.23. The average molecular weight is 251 g/mol. The van der Waals surface area contributed by atoms with Crippen molar-refractivity contribution in [2.24, 2.45) is 5.84 Å². The molecule has 2 aromatic heterocycles. The van der Waals surface area contributed by atoms with Crippen LogP contribution in [0.25, 0.3) is 10.9 Å². The molecule has 0 bridgehead atoms. The van der Waals surface area contributed by atoms with Gasteiger partial charge in [-0.05, 0) is 23.8 Å². The summed E-state index contributed by atoms with van der Waals surface area (Å²) in [7, 11) is 0. The molecule has 0 amide bonds. The molecule has 0 saturated heterocycles.